The molecule has 0 atom stereocenters. The van der Waals surface area contributed by atoms with Gasteiger partial charge in [-0.15, -0.1) is 0 Å². The average Bonchev–Trinajstić information content (AvgIpc) is 2.14. The highest BCUT2D eigenvalue weighted by atomic mass is 32.1. The van der Waals surface area contributed by atoms with Crippen molar-refractivity contribution in [3.8, 4) is 0 Å². The Hall–Kier alpha value is 0.270. The van der Waals surface area contributed by atoms with Crippen LogP contribution in [0.25, 0.3) is 0 Å². The molecule has 0 aromatic carbocycles. The van der Waals surface area contributed by atoms with Crippen LogP contribution in [-0.2, 0) is 0 Å². The maximum absolute atomic E-state index is 4.90. The summed E-state index contributed by atoms with van der Waals surface area (Å²) in [6, 6.07) is 0. The highest BCUT2D eigenvalue weighted by Crippen LogP contribution is 2.00. The van der Waals surface area contributed by atoms with Gasteiger partial charge in [0.25, 0.3) is 0 Å². The van der Waals surface area contributed by atoms with Gasteiger partial charge in [0, 0.05) is 31.9 Å². The Morgan fingerprint density at radius 1 is 1.08 bits per heavy atom. The van der Waals surface area contributed by atoms with E-state index in [0.29, 0.717) is 0 Å². The van der Waals surface area contributed by atoms with E-state index in [1.807, 2.05) is 0 Å². The molecule has 1 radical (unpaired) electrons. The largest absolute Gasteiger partial charge is 0.314 e. The summed E-state index contributed by atoms with van der Waals surface area (Å²) in [5, 5.41) is 3.36. The number of nitrogens with one attached hydrogen (secondary N) is 1. The summed E-state index contributed by atoms with van der Waals surface area (Å²) in [7, 11) is 0. The summed E-state index contributed by atoms with van der Waals surface area (Å²) >= 11 is 4.90. The molecular weight excluding hydrogens is 168 g/mol. The van der Waals surface area contributed by atoms with Gasteiger partial charge in [-0.1, -0.05) is 19.0 Å². The zero-order valence-electron chi connectivity index (χ0n) is 7.72. The van der Waals surface area contributed by atoms with Gasteiger partial charge in [-0.05, 0) is 19.4 Å². The molecule has 0 aromatic heterocycles. The third-order valence-electron chi connectivity index (χ3n) is 2.33. The van der Waals surface area contributed by atoms with Gasteiger partial charge in [0.05, 0.1) is 0 Å². The van der Waals surface area contributed by atoms with Crippen LogP contribution in [0.4, 0.5) is 0 Å². The van der Waals surface area contributed by atoms with Crippen LogP contribution in [0.5, 0.6) is 0 Å². The first-order valence-electron chi connectivity index (χ1n) is 4.94. The van der Waals surface area contributed by atoms with Crippen molar-refractivity contribution in [3.05, 3.63) is 0 Å². The van der Waals surface area contributed by atoms with Crippen LogP contribution in [0.1, 0.15) is 19.3 Å². The van der Waals surface area contributed by atoms with E-state index in [-0.39, 0.29) is 0 Å². The lowest BCUT2D eigenvalue weighted by Crippen LogP contribution is -2.43. The SMILES string of the molecule is [S]CCCCCN1CCNCC1. The summed E-state index contributed by atoms with van der Waals surface area (Å²) in [6.07, 6.45) is 3.87. The molecule has 0 bridgehead atoms. The number of rotatable bonds is 5. The van der Waals surface area contributed by atoms with Gasteiger partial charge >= 0.3 is 0 Å². The van der Waals surface area contributed by atoms with Gasteiger partial charge in [-0.3, -0.25) is 0 Å². The summed E-state index contributed by atoms with van der Waals surface area (Å²) in [5.74, 6) is 0.932. The molecule has 1 fully saturated rings. The zero-order chi connectivity index (χ0) is 8.65. The van der Waals surface area contributed by atoms with E-state index >= 15 is 0 Å². The van der Waals surface area contributed by atoms with Crippen molar-refractivity contribution in [1.29, 1.82) is 0 Å². The van der Waals surface area contributed by atoms with Crippen LogP contribution in [0.15, 0.2) is 0 Å². The van der Waals surface area contributed by atoms with Crippen molar-refractivity contribution >= 4 is 12.6 Å². The molecule has 1 rings (SSSR count). The second-order valence-corrected chi connectivity index (χ2v) is 3.76. The van der Waals surface area contributed by atoms with Crippen molar-refractivity contribution in [2.45, 2.75) is 19.3 Å². The standard InChI is InChI=1S/C9H19N2S/c12-9-3-1-2-6-11-7-4-10-5-8-11/h10H,1-9H2. The van der Waals surface area contributed by atoms with Crippen molar-refractivity contribution in [2.24, 2.45) is 0 Å². The molecule has 1 heterocycles. The maximum Gasteiger partial charge on any atom is 0.0107 e. The minimum absolute atomic E-state index is 0.932. The summed E-state index contributed by atoms with van der Waals surface area (Å²) < 4.78 is 0. The van der Waals surface area contributed by atoms with Crippen molar-refractivity contribution < 1.29 is 0 Å². The number of unbranched alkanes of at least 4 members (excludes halogenated alkanes) is 2. The van der Waals surface area contributed by atoms with Crippen LogP contribution >= 0.6 is 12.6 Å². The third-order valence-corrected chi connectivity index (χ3v) is 2.62. The van der Waals surface area contributed by atoms with Gasteiger partial charge in [-0.25, -0.2) is 0 Å². The van der Waals surface area contributed by atoms with Crippen LogP contribution in [0.2, 0.25) is 0 Å². The smallest absolute Gasteiger partial charge is 0.0107 e. The lowest BCUT2D eigenvalue weighted by Gasteiger charge is -2.26. The lowest BCUT2D eigenvalue weighted by atomic mass is 10.2. The normalized spacial score (nSPS) is 19.8. The number of hydrogen-bond acceptors (Lipinski definition) is 2. The highest BCUT2D eigenvalue weighted by Gasteiger charge is 2.07. The van der Waals surface area contributed by atoms with E-state index in [1.54, 1.807) is 0 Å². The molecule has 0 aliphatic carbocycles. The Morgan fingerprint density at radius 3 is 2.50 bits per heavy atom. The van der Waals surface area contributed by atoms with Crippen molar-refractivity contribution in [2.75, 3.05) is 38.5 Å². The molecule has 1 aliphatic rings. The molecule has 1 saturated heterocycles. The molecule has 0 unspecified atom stereocenters. The van der Waals surface area contributed by atoms with E-state index in [4.69, 9.17) is 12.6 Å². The molecule has 1 aliphatic heterocycles. The Bertz CT molecular complexity index is 103. The molecule has 0 amide bonds. The Kier molecular flexibility index (Phi) is 5.82. The molecule has 71 valence electrons. The monoisotopic (exact) mass is 187 g/mol. The summed E-state index contributed by atoms with van der Waals surface area (Å²) in [5.41, 5.74) is 0. The van der Waals surface area contributed by atoms with Gasteiger partial charge in [0.2, 0.25) is 0 Å². The minimum atomic E-state index is 0.932. The number of nitrogens with zero attached hydrogens (tertiary/aromatic N) is 1. The molecule has 0 aromatic rings. The van der Waals surface area contributed by atoms with Crippen molar-refractivity contribution in [3.63, 3.8) is 0 Å². The fraction of sp³-hybridized carbons (Fsp3) is 1.00. The first kappa shape index (κ1) is 10.4. The first-order chi connectivity index (χ1) is 5.93. The topological polar surface area (TPSA) is 15.3 Å². The molecular formula is C9H19N2S. The second kappa shape index (κ2) is 6.75. The summed E-state index contributed by atoms with van der Waals surface area (Å²) in [4.78, 5) is 2.54. The Balaban J connectivity index is 1.91. The zero-order valence-corrected chi connectivity index (χ0v) is 8.54. The molecule has 2 nitrogen and oxygen atoms in total. The van der Waals surface area contributed by atoms with Crippen LogP contribution < -0.4 is 5.32 Å². The third kappa shape index (κ3) is 4.33. The van der Waals surface area contributed by atoms with Gasteiger partial charge in [0.15, 0.2) is 0 Å². The van der Waals surface area contributed by atoms with E-state index in [1.165, 1.54) is 52.0 Å². The van der Waals surface area contributed by atoms with Gasteiger partial charge < -0.3 is 10.2 Å². The Labute approximate surface area is 81.1 Å². The highest BCUT2D eigenvalue weighted by molar-refractivity contribution is 7.80. The fourth-order valence-electron chi connectivity index (χ4n) is 1.55. The Morgan fingerprint density at radius 2 is 1.83 bits per heavy atom. The lowest BCUT2D eigenvalue weighted by molar-refractivity contribution is 0.236. The predicted molar refractivity (Wildman–Crippen MR) is 55.6 cm³/mol. The van der Waals surface area contributed by atoms with Crippen LogP contribution in [-0.4, -0.2) is 43.4 Å². The predicted octanol–water partition coefficient (Wildman–Crippen LogP) is 1.26. The molecule has 3 heteroatoms. The van der Waals surface area contributed by atoms with Gasteiger partial charge in [0.1, 0.15) is 0 Å². The minimum Gasteiger partial charge on any atom is -0.314 e. The quantitative estimate of drug-likeness (QED) is 0.652. The van der Waals surface area contributed by atoms with E-state index in [2.05, 4.69) is 10.2 Å². The second-order valence-electron chi connectivity index (χ2n) is 3.36. The summed E-state index contributed by atoms with van der Waals surface area (Å²) in [6.45, 7) is 6.07. The molecule has 1 N–H and O–H groups in total. The van der Waals surface area contributed by atoms with Crippen LogP contribution in [0.3, 0.4) is 0 Å². The number of hydrogen-bond donors (Lipinski definition) is 1. The van der Waals surface area contributed by atoms with Crippen LogP contribution in [0, 0.1) is 0 Å². The number of piperazine rings is 1. The van der Waals surface area contributed by atoms with Crippen molar-refractivity contribution in [1.82, 2.24) is 10.2 Å². The molecule has 12 heavy (non-hydrogen) atoms. The van der Waals surface area contributed by atoms with E-state index in [9.17, 15) is 0 Å². The maximum atomic E-state index is 4.90. The first-order valence-corrected chi connectivity index (χ1v) is 5.52. The van der Waals surface area contributed by atoms with E-state index < -0.39 is 0 Å². The van der Waals surface area contributed by atoms with E-state index in [0.717, 1.165) is 5.75 Å². The van der Waals surface area contributed by atoms with Gasteiger partial charge in [-0.2, -0.15) is 0 Å². The molecule has 0 saturated carbocycles. The average molecular weight is 187 g/mol. The molecule has 0 spiro atoms. The fourth-order valence-corrected chi connectivity index (χ4v) is 1.75.